The maximum absolute atomic E-state index is 4.78. The summed E-state index contributed by atoms with van der Waals surface area (Å²) in [6.07, 6.45) is 10.8. The number of anilines is 1. The van der Waals surface area contributed by atoms with E-state index in [2.05, 4.69) is 68.9 Å². The van der Waals surface area contributed by atoms with Gasteiger partial charge >= 0.3 is 0 Å². The molecule has 0 fully saturated rings. The normalized spacial score (nSPS) is 11.2. The molecule has 0 saturated carbocycles. The zero-order chi connectivity index (χ0) is 24.6. The molecular formula is C29H26N7+. The van der Waals surface area contributed by atoms with Gasteiger partial charge in [0.25, 0.3) is 0 Å². The van der Waals surface area contributed by atoms with Crippen LogP contribution in [0.3, 0.4) is 0 Å². The summed E-state index contributed by atoms with van der Waals surface area (Å²) in [6, 6.07) is 28.5. The van der Waals surface area contributed by atoms with E-state index in [0.717, 1.165) is 39.2 Å². The average molecular weight is 473 g/mol. The summed E-state index contributed by atoms with van der Waals surface area (Å²) < 4.78 is 0. The fourth-order valence-electron chi connectivity index (χ4n) is 3.76. The summed E-state index contributed by atoms with van der Waals surface area (Å²) in [4.78, 5) is 12.4. The Hall–Kier alpha value is -4.88. The lowest BCUT2D eigenvalue weighted by Gasteiger charge is -2.22. The maximum atomic E-state index is 4.78. The molecule has 7 nitrogen and oxygen atoms in total. The minimum Gasteiger partial charge on any atom is -0.290 e. The number of benzene rings is 2. The van der Waals surface area contributed by atoms with Gasteiger partial charge in [-0.3, -0.25) is 25.4 Å². The van der Waals surface area contributed by atoms with E-state index < -0.39 is 0 Å². The first kappa shape index (κ1) is 22.9. The van der Waals surface area contributed by atoms with Crippen LogP contribution in [0.25, 0.3) is 22.3 Å². The molecule has 7 heteroatoms. The van der Waals surface area contributed by atoms with Gasteiger partial charge in [-0.2, -0.15) is 5.43 Å². The number of amidine groups is 1. The topological polar surface area (TPSA) is 82.9 Å². The van der Waals surface area contributed by atoms with E-state index in [4.69, 9.17) is 5.10 Å². The third-order valence-electron chi connectivity index (χ3n) is 5.74. The quantitative estimate of drug-likeness (QED) is 0.121. The molecule has 0 aliphatic rings. The molecule has 2 aromatic carbocycles. The third-order valence-corrected chi connectivity index (χ3v) is 5.74. The van der Waals surface area contributed by atoms with Crippen molar-refractivity contribution in [2.75, 3.05) is 12.1 Å². The highest BCUT2D eigenvalue weighted by Crippen LogP contribution is 2.22. The van der Waals surface area contributed by atoms with Crippen LogP contribution in [-0.2, 0) is 0 Å². The first-order valence-corrected chi connectivity index (χ1v) is 11.6. The Kier molecular flexibility index (Phi) is 7.01. The van der Waals surface area contributed by atoms with E-state index in [0.29, 0.717) is 5.84 Å². The second-order valence-corrected chi connectivity index (χ2v) is 8.16. The average Bonchev–Trinajstić information content (AvgIpc) is 2.97. The van der Waals surface area contributed by atoms with Crippen molar-refractivity contribution in [2.45, 2.75) is 0 Å². The summed E-state index contributed by atoms with van der Waals surface area (Å²) in [5.74, 6) is 0.696. The summed E-state index contributed by atoms with van der Waals surface area (Å²) in [5.41, 5.74) is 12.7. The summed E-state index contributed by atoms with van der Waals surface area (Å²) in [6.45, 7) is 0. The van der Waals surface area contributed by atoms with E-state index in [-0.39, 0.29) is 0 Å². The highest BCUT2D eigenvalue weighted by molar-refractivity contribution is 5.98. The van der Waals surface area contributed by atoms with Crippen molar-refractivity contribution in [1.29, 1.82) is 0 Å². The molecule has 5 aromatic rings. The van der Waals surface area contributed by atoms with E-state index in [1.807, 2.05) is 53.9 Å². The summed E-state index contributed by atoms with van der Waals surface area (Å²) in [5, 5.41) is 6.73. The Morgan fingerprint density at radius 1 is 0.667 bits per heavy atom. The van der Waals surface area contributed by atoms with Gasteiger partial charge in [0.15, 0.2) is 5.69 Å². The Bertz CT molecular complexity index is 1400. The van der Waals surface area contributed by atoms with Crippen LogP contribution in [0.4, 0.5) is 11.4 Å². The van der Waals surface area contributed by atoms with E-state index in [1.165, 1.54) is 0 Å². The highest BCUT2D eigenvalue weighted by Gasteiger charge is 2.11. The van der Waals surface area contributed by atoms with Crippen molar-refractivity contribution in [3.63, 3.8) is 0 Å². The Labute approximate surface area is 210 Å². The molecule has 36 heavy (non-hydrogen) atoms. The predicted molar refractivity (Wildman–Crippen MR) is 143 cm³/mol. The van der Waals surface area contributed by atoms with E-state index in [9.17, 15) is 0 Å². The molecule has 0 unspecified atom stereocenters. The predicted octanol–water partition coefficient (Wildman–Crippen LogP) is 4.40. The van der Waals surface area contributed by atoms with Crippen LogP contribution in [-0.4, -0.2) is 27.8 Å². The van der Waals surface area contributed by atoms with Crippen molar-refractivity contribution in [3.8, 4) is 22.3 Å². The van der Waals surface area contributed by atoms with E-state index >= 15 is 0 Å². The Balaban J connectivity index is 1.33. The van der Waals surface area contributed by atoms with Gasteiger partial charge in [0.2, 0.25) is 5.84 Å². The summed E-state index contributed by atoms with van der Waals surface area (Å²) in [7, 11) is 1.97. The van der Waals surface area contributed by atoms with Crippen LogP contribution in [0.15, 0.2) is 127 Å². The van der Waals surface area contributed by atoms with Crippen LogP contribution in [0.5, 0.6) is 0 Å². The number of nitrogens with one attached hydrogen (secondary N) is 1. The molecule has 3 N–H and O–H groups in total. The molecular weight excluding hydrogens is 446 g/mol. The molecule has 0 spiro atoms. The molecule has 0 saturated heterocycles. The van der Waals surface area contributed by atoms with Crippen LogP contribution < -0.4 is 15.9 Å². The molecule has 0 amide bonds. The fraction of sp³-hybridized carbons (Fsp3) is 0.0345. The van der Waals surface area contributed by atoms with Gasteiger partial charge in [-0.15, -0.1) is 0 Å². The number of hydrogen-bond donors (Lipinski definition) is 2. The monoisotopic (exact) mass is 472 g/mol. The number of hydrogen-bond acceptors (Lipinski definition) is 5. The number of nitrogens with zero attached hydrogens (tertiary/aromatic N) is 5. The number of quaternary nitrogens is 1. The van der Waals surface area contributed by atoms with Gasteiger partial charge in [0.1, 0.15) is 0 Å². The first-order chi connectivity index (χ1) is 17.8. The maximum Gasteiger partial charge on any atom is 0.209 e. The Morgan fingerprint density at radius 2 is 1.22 bits per heavy atom. The highest BCUT2D eigenvalue weighted by atomic mass is 15.5. The van der Waals surface area contributed by atoms with Crippen LogP contribution >= 0.6 is 0 Å². The second kappa shape index (κ2) is 11.0. The molecule has 3 aromatic heterocycles. The zero-order valence-electron chi connectivity index (χ0n) is 19.9. The molecule has 3 heterocycles. The lowest BCUT2D eigenvalue weighted by Crippen LogP contribution is -2.72. The Morgan fingerprint density at radius 3 is 1.78 bits per heavy atom. The molecule has 0 aliphatic carbocycles. The number of hydrazine groups is 1. The minimum absolute atomic E-state index is 0.696. The van der Waals surface area contributed by atoms with Crippen LogP contribution in [0.2, 0.25) is 0 Å². The summed E-state index contributed by atoms with van der Waals surface area (Å²) >= 11 is 0. The van der Waals surface area contributed by atoms with Crippen molar-refractivity contribution >= 4 is 17.2 Å². The van der Waals surface area contributed by atoms with Crippen molar-refractivity contribution in [1.82, 2.24) is 20.4 Å². The number of aromatic nitrogens is 3. The van der Waals surface area contributed by atoms with E-state index in [1.54, 1.807) is 37.2 Å². The lowest BCUT2D eigenvalue weighted by molar-refractivity contribution is -0.577. The molecule has 5 rings (SSSR count). The third kappa shape index (κ3) is 5.60. The van der Waals surface area contributed by atoms with Gasteiger partial charge in [-0.05, 0) is 82.9 Å². The smallest absolute Gasteiger partial charge is 0.209 e. The SMILES string of the molecule is CN(NC(=N[NH2+]c1ccc(-c2ccncc2)cc1)c1cccnc1)c1ccc(-c2ccncc2)cc1. The molecule has 0 bridgehead atoms. The van der Waals surface area contributed by atoms with Gasteiger partial charge < -0.3 is 0 Å². The van der Waals surface area contributed by atoms with Crippen LogP contribution in [0, 0.1) is 0 Å². The largest absolute Gasteiger partial charge is 0.290 e. The number of nitrogens with two attached hydrogens (primary N) is 1. The lowest BCUT2D eigenvalue weighted by atomic mass is 10.1. The second-order valence-electron chi connectivity index (χ2n) is 8.16. The standard InChI is InChI=1S/C29H25N7/c1-36(28-10-6-23(7-11-28)25-14-19-31-20-15-25)35-29(26-3-2-16-32-21-26)34-33-27-8-4-22(5-9-27)24-12-17-30-18-13-24/h2-21,33H,1H3,(H,34,35)/p+1. The number of rotatable bonds is 7. The van der Waals surface area contributed by atoms with Gasteiger partial charge in [-0.25, -0.2) is 0 Å². The first-order valence-electron chi connectivity index (χ1n) is 11.6. The van der Waals surface area contributed by atoms with Gasteiger partial charge in [-0.1, -0.05) is 17.2 Å². The van der Waals surface area contributed by atoms with Gasteiger partial charge in [0, 0.05) is 61.9 Å². The van der Waals surface area contributed by atoms with Crippen molar-refractivity contribution in [3.05, 3.63) is 128 Å². The molecule has 0 radical (unpaired) electrons. The number of pyridine rings is 3. The molecule has 0 aliphatic heterocycles. The zero-order valence-corrected chi connectivity index (χ0v) is 19.9. The van der Waals surface area contributed by atoms with Gasteiger partial charge in [0.05, 0.1) is 5.69 Å². The fourth-order valence-corrected chi connectivity index (χ4v) is 3.76. The molecule has 176 valence electrons. The van der Waals surface area contributed by atoms with Crippen molar-refractivity contribution < 1.29 is 5.43 Å². The molecule has 0 atom stereocenters. The van der Waals surface area contributed by atoms with Crippen molar-refractivity contribution in [2.24, 2.45) is 5.10 Å². The van der Waals surface area contributed by atoms with Crippen LogP contribution in [0.1, 0.15) is 5.56 Å². The minimum atomic E-state index is 0.696.